The molecule has 1 unspecified atom stereocenters. The molecule has 1 aromatic heterocycles. The molecule has 0 aromatic carbocycles. The van der Waals surface area contributed by atoms with Crippen LogP contribution in [0.15, 0.2) is 24.4 Å². The number of nitrogens with one attached hydrogen (secondary N) is 1. The molecule has 3 nitrogen and oxygen atoms in total. The number of allylic oxidation sites excluding steroid dienone is 1. The van der Waals surface area contributed by atoms with Crippen LogP contribution >= 0.6 is 23.2 Å². The highest BCUT2D eigenvalue weighted by Gasteiger charge is 2.16. The third-order valence-electron chi connectivity index (χ3n) is 2.67. The summed E-state index contributed by atoms with van der Waals surface area (Å²) in [5.41, 5.74) is 0.376. The predicted molar refractivity (Wildman–Crippen MR) is 68.5 cm³/mol. The highest BCUT2D eigenvalue weighted by molar-refractivity contribution is 6.35. The average molecular weight is 271 g/mol. The molecule has 1 aliphatic rings. The van der Waals surface area contributed by atoms with E-state index in [0.29, 0.717) is 10.6 Å². The van der Waals surface area contributed by atoms with Crippen molar-refractivity contribution in [3.63, 3.8) is 0 Å². The fourth-order valence-corrected chi connectivity index (χ4v) is 2.12. The standard InChI is InChI=1S/C12H12Cl2N2O/c13-10-7-15-11(14)6-9(10)12(17)16-8-4-2-1-3-5-8/h1-2,6-8H,3-5H2,(H,16,17). The topological polar surface area (TPSA) is 42.0 Å². The van der Waals surface area contributed by atoms with Gasteiger partial charge in [-0.2, -0.15) is 0 Å². The first-order valence-corrected chi connectivity index (χ1v) is 6.19. The van der Waals surface area contributed by atoms with Crippen LogP contribution in [0, 0.1) is 0 Å². The largest absolute Gasteiger partial charge is 0.349 e. The number of carbonyl (C=O) groups is 1. The molecule has 1 heterocycles. The Kier molecular flexibility index (Phi) is 4.02. The first kappa shape index (κ1) is 12.4. The molecule has 1 N–H and O–H groups in total. The van der Waals surface area contributed by atoms with Gasteiger partial charge in [0, 0.05) is 12.2 Å². The maximum absolute atomic E-state index is 12.0. The van der Waals surface area contributed by atoms with Gasteiger partial charge in [0.1, 0.15) is 5.15 Å². The summed E-state index contributed by atoms with van der Waals surface area (Å²) in [5, 5.41) is 3.53. The molecule has 0 saturated heterocycles. The zero-order valence-electron chi connectivity index (χ0n) is 9.12. The van der Waals surface area contributed by atoms with Gasteiger partial charge in [-0.15, -0.1) is 0 Å². The summed E-state index contributed by atoms with van der Waals surface area (Å²) in [6, 6.07) is 1.66. The Morgan fingerprint density at radius 1 is 1.41 bits per heavy atom. The number of hydrogen-bond acceptors (Lipinski definition) is 2. The van der Waals surface area contributed by atoms with Crippen LogP contribution in [-0.4, -0.2) is 16.9 Å². The summed E-state index contributed by atoms with van der Waals surface area (Å²) in [4.78, 5) is 15.8. The number of nitrogens with zero attached hydrogens (tertiary/aromatic N) is 1. The second kappa shape index (κ2) is 5.52. The van der Waals surface area contributed by atoms with E-state index in [1.807, 2.05) is 0 Å². The van der Waals surface area contributed by atoms with Crippen molar-refractivity contribution in [2.45, 2.75) is 25.3 Å². The number of aromatic nitrogens is 1. The van der Waals surface area contributed by atoms with E-state index in [4.69, 9.17) is 23.2 Å². The fraction of sp³-hybridized carbons (Fsp3) is 0.333. The van der Waals surface area contributed by atoms with Crippen LogP contribution in [0.4, 0.5) is 0 Å². The van der Waals surface area contributed by atoms with Crippen LogP contribution in [-0.2, 0) is 0 Å². The summed E-state index contributed by atoms with van der Waals surface area (Å²) in [7, 11) is 0. The van der Waals surface area contributed by atoms with Crippen molar-refractivity contribution >= 4 is 29.1 Å². The van der Waals surface area contributed by atoms with Crippen molar-refractivity contribution in [1.29, 1.82) is 0 Å². The smallest absolute Gasteiger partial charge is 0.253 e. The lowest BCUT2D eigenvalue weighted by Crippen LogP contribution is -2.35. The van der Waals surface area contributed by atoms with E-state index in [1.54, 1.807) is 0 Å². The van der Waals surface area contributed by atoms with Crippen LogP contribution < -0.4 is 5.32 Å². The number of halogens is 2. The molecule has 0 aliphatic heterocycles. The first-order chi connectivity index (χ1) is 8.16. The lowest BCUT2D eigenvalue weighted by Gasteiger charge is -2.19. The SMILES string of the molecule is O=C(NC1CC=CCC1)c1cc(Cl)ncc1Cl. The van der Waals surface area contributed by atoms with E-state index in [9.17, 15) is 4.79 Å². The summed E-state index contributed by atoms with van der Waals surface area (Å²) in [6.45, 7) is 0. The van der Waals surface area contributed by atoms with E-state index in [1.165, 1.54) is 12.3 Å². The van der Waals surface area contributed by atoms with Crippen molar-refractivity contribution in [3.8, 4) is 0 Å². The van der Waals surface area contributed by atoms with E-state index in [0.717, 1.165) is 19.3 Å². The molecule has 90 valence electrons. The van der Waals surface area contributed by atoms with Gasteiger partial charge in [-0.3, -0.25) is 4.79 Å². The van der Waals surface area contributed by atoms with E-state index in [2.05, 4.69) is 22.5 Å². The minimum Gasteiger partial charge on any atom is -0.349 e. The van der Waals surface area contributed by atoms with Gasteiger partial charge in [-0.05, 0) is 25.3 Å². The normalized spacial score (nSPS) is 19.1. The Balaban J connectivity index is 2.08. The molecule has 0 radical (unpaired) electrons. The average Bonchev–Trinajstić information content (AvgIpc) is 2.33. The Morgan fingerprint density at radius 3 is 2.94 bits per heavy atom. The van der Waals surface area contributed by atoms with Crippen molar-refractivity contribution < 1.29 is 4.79 Å². The van der Waals surface area contributed by atoms with Gasteiger partial charge in [-0.25, -0.2) is 4.98 Å². The Labute approximate surface area is 110 Å². The third kappa shape index (κ3) is 3.20. The highest BCUT2D eigenvalue weighted by Crippen LogP contribution is 2.19. The van der Waals surface area contributed by atoms with Crippen LogP contribution in [0.5, 0.6) is 0 Å². The second-order valence-corrected chi connectivity index (χ2v) is 4.74. The van der Waals surface area contributed by atoms with Gasteiger partial charge < -0.3 is 5.32 Å². The van der Waals surface area contributed by atoms with Gasteiger partial charge in [0.15, 0.2) is 0 Å². The van der Waals surface area contributed by atoms with Gasteiger partial charge in [0.2, 0.25) is 0 Å². The maximum Gasteiger partial charge on any atom is 0.253 e. The van der Waals surface area contributed by atoms with E-state index >= 15 is 0 Å². The first-order valence-electron chi connectivity index (χ1n) is 5.43. The fourth-order valence-electron chi connectivity index (χ4n) is 1.78. The van der Waals surface area contributed by atoms with Crippen LogP contribution in [0.1, 0.15) is 29.6 Å². The highest BCUT2D eigenvalue weighted by atomic mass is 35.5. The molecule has 1 atom stereocenters. The summed E-state index contributed by atoms with van der Waals surface area (Å²) >= 11 is 11.7. The molecule has 1 aromatic rings. The van der Waals surface area contributed by atoms with Crippen LogP contribution in [0.25, 0.3) is 0 Å². The van der Waals surface area contributed by atoms with Crippen molar-refractivity contribution in [2.24, 2.45) is 0 Å². The third-order valence-corrected chi connectivity index (χ3v) is 3.18. The lowest BCUT2D eigenvalue weighted by atomic mass is 10.0. The molecule has 2 rings (SSSR count). The zero-order valence-corrected chi connectivity index (χ0v) is 10.6. The minimum atomic E-state index is -0.195. The van der Waals surface area contributed by atoms with Crippen molar-refractivity contribution in [1.82, 2.24) is 10.3 Å². The van der Waals surface area contributed by atoms with Gasteiger partial charge >= 0.3 is 0 Å². The van der Waals surface area contributed by atoms with Crippen LogP contribution in [0.3, 0.4) is 0 Å². The molecular formula is C12H12Cl2N2O. The predicted octanol–water partition coefficient (Wildman–Crippen LogP) is 3.23. The summed E-state index contributed by atoms with van der Waals surface area (Å²) in [6.07, 6.45) is 8.41. The molecule has 1 aliphatic carbocycles. The monoisotopic (exact) mass is 270 g/mol. The van der Waals surface area contributed by atoms with E-state index in [-0.39, 0.29) is 17.1 Å². The van der Waals surface area contributed by atoms with Gasteiger partial charge in [0.25, 0.3) is 5.91 Å². The number of hydrogen-bond donors (Lipinski definition) is 1. The number of amides is 1. The molecule has 1 amide bonds. The van der Waals surface area contributed by atoms with Crippen molar-refractivity contribution in [2.75, 3.05) is 0 Å². The summed E-state index contributed by atoms with van der Waals surface area (Å²) in [5.74, 6) is -0.195. The molecule has 0 spiro atoms. The van der Waals surface area contributed by atoms with Crippen molar-refractivity contribution in [3.05, 3.63) is 40.2 Å². The number of rotatable bonds is 2. The quantitative estimate of drug-likeness (QED) is 0.662. The Hall–Kier alpha value is -1.06. The Bertz CT molecular complexity index is 460. The van der Waals surface area contributed by atoms with Crippen LogP contribution in [0.2, 0.25) is 10.2 Å². The summed E-state index contributed by atoms with van der Waals surface area (Å²) < 4.78 is 0. The van der Waals surface area contributed by atoms with Gasteiger partial charge in [0.05, 0.1) is 10.6 Å². The Morgan fingerprint density at radius 2 is 2.24 bits per heavy atom. The number of carbonyl (C=O) groups excluding carboxylic acids is 1. The molecule has 0 bridgehead atoms. The van der Waals surface area contributed by atoms with Gasteiger partial charge in [-0.1, -0.05) is 35.4 Å². The number of pyridine rings is 1. The minimum absolute atomic E-state index is 0.176. The zero-order chi connectivity index (χ0) is 12.3. The molecule has 0 saturated carbocycles. The maximum atomic E-state index is 12.0. The second-order valence-electron chi connectivity index (χ2n) is 3.94. The molecule has 5 heteroatoms. The molecule has 0 fully saturated rings. The van der Waals surface area contributed by atoms with E-state index < -0.39 is 0 Å². The molecule has 17 heavy (non-hydrogen) atoms. The lowest BCUT2D eigenvalue weighted by molar-refractivity contribution is 0.0935. The molecular weight excluding hydrogens is 259 g/mol.